The summed E-state index contributed by atoms with van der Waals surface area (Å²) < 4.78 is 3.98. The Morgan fingerprint density at radius 3 is 2.86 bits per heavy atom. The van der Waals surface area contributed by atoms with E-state index in [0.29, 0.717) is 5.02 Å². The maximum Gasteiger partial charge on any atom is 0.198 e. The van der Waals surface area contributed by atoms with E-state index in [0.717, 1.165) is 30.4 Å². The molecular weight excluding hydrogens is 356 g/mol. The van der Waals surface area contributed by atoms with Gasteiger partial charge in [0.15, 0.2) is 15.3 Å². The molecule has 0 radical (unpaired) electrons. The van der Waals surface area contributed by atoms with Crippen molar-refractivity contribution in [3.63, 3.8) is 0 Å². The van der Waals surface area contributed by atoms with Crippen molar-refractivity contribution in [2.24, 2.45) is 7.05 Å². The molecule has 0 unspecified atom stereocenters. The van der Waals surface area contributed by atoms with E-state index in [2.05, 4.69) is 15.2 Å². The fourth-order valence-corrected chi connectivity index (χ4v) is 5.04. The highest BCUT2D eigenvalue weighted by Gasteiger charge is 2.15. The normalized spacial score (nSPS) is 11.4. The van der Waals surface area contributed by atoms with E-state index in [1.807, 2.05) is 47.3 Å². The van der Waals surface area contributed by atoms with E-state index in [4.69, 9.17) is 11.6 Å². The van der Waals surface area contributed by atoms with Crippen LogP contribution in [0.1, 0.15) is 0 Å². The Labute approximate surface area is 143 Å². The van der Waals surface area contributed by atoms with Crippen molar-refractivity contribution in [1.29, 1.82) is 0 Å². The minimum Gasteiger partial charge on any atom is -0.304 e. The molecule has 3 aromatic heterocycles. The monoisotopic (exact) mass is 364 g/mol. The molecule has 1 aromatic carbocycles. The van der Waals surface area contributed by atoms with Gasteiger partial charge in [-0.05, 0) is 35.3 Å². The summed E-state index contributed by atoms with van der Waals surface area (Å²) in [6.45, 7) is 0. The number of benzene rings is 1. The van der Waals surface area contributed by atoms with Crippen LogP contribution in [0.4, 0.5) is 0 Å². The predicted octanol–water partition coefficient (Wildman–Crippen LogP) is 4.96. The summed E-state index contributed by atoms with van der Waals surface area (Å²) in [5.74, 6) is 0.872. The Morgan fingerprint density at radius 1 is 1.18 bits per heavy atom. The number of hydrogen-bond donors (Lipinski definition) is 0. The SMILES string of the molecule is Cn1c(Sc2nc3c(Cl)cccc3s2)nnc1-c1cccs1. The molecule has 0 saturated heterocycles. The van der Waals surface area contributed by atoms with Crippen molar-refractivity contribution in [2.45, 2.75) is 9.50 Å². The largest absolute Gasteiger partial charge is 0.304 e. The smallest absolute Gasteiger partial charge is 0.198 e. The van der Waals surface area contributed by atoms with E-state index in [-0.39, 0.29) is 0 Å². The summed E-state index contributed by atoms with van der Waals surface area (Å²) in [5.41, 5.74) is 0.845. The molecule has 0 bridgehead atoms. The first-order valence-electron chi connectivity index (χ1n) is 6.38. The van der Waals surface area contributed by atoms with Gasteiger partial charge in [-0.25, -0.2) is 4.98 Å². The lowest BCUT2D eigenvalue weighted by Crippen LogP contribution is -1.92. The highest BCUT2D eigenvalue weighted by molar-refractivity contribution is 8.01. The third kappa shape index (κ3) is 2.44. The Bertz CT molecular complexity index is 942. The summed E-state index contributed by atoms with van der Waals surface area (Å²) in [6, 6.07) is 9.87. The lowest BCUT2D eigenvalue weighted by atomic mass is 10.3. The number of fused-ring (bicyclic) bond motifs is 1. The third-order valence-electron chi connectivity index (χ3n) is 3.11. The molecule has 0 aliphatic heterocycles. The Hall–Kier alpha value is -1.41. The lowest BCUT2D eigenvalue weighted by molar-refractivity contribution is 0.794. The molecule has 0 N–H and O–H groups in total. The van der Waals surface area contributed by atoms with Crippen LogP contribution in [0.25, 0.3) is 20.9 Å². The van der Waals surface area contributed by atoms with Crippen LogP contribution in [0.15, 0.2) is 45.2 Å². The van der Waals surface area contributed by atoms with Crippen molar-refractivity contribution in [1.82, 2.24) is 19.7 Å². The summed E-state index contributed by atoms with van der Waals surface area (Å²) >= 11 is 11.0. The number of nitrogens with zero attached hydrogens (tertiary/aromatic N) is 4. The van der Waals surface area contributed by atoms with Gasteiger partial charge < -0.3 is 4.57 Å². The average Bonchev–Trinajstić information content (AvgIpc) is 3.21. The molecule has 4 rings (SSSR count). The second-order valence-electron chi connectivity index (χ2n) is 4.51. The van der Waals surface area contributed by atoms with Crippen LogP contribution in [-0.4, -0.2) is 19.7 Å². The second kappa shape index (κ2) is 5.66. The maximum atomic E-state index is 6.18. The van der Waals surface area contributed by atoms with Gasteiger partial charge in [-0.2, -0.15) is 0 Å². The standard InChI is InChI=1S/C14H9ClN4S3/c1-19-12(10-6-3-7-20-10)17-18-13(19)22-14-16-11-8(15)4-2-5-9(11)21-14/h2-7H,1H3. The summed E-state index contributed by atoms with van der Waals surface area (Å²) in [6.07, 6.45) is 0. The molecule has 0 atom stereocenters. The van der Waals surface area contributed by atoms with Crippen molar-refractivity contribution in [3.8, 4) is 10.7 Å². The molecule has 8 heteroatoms. The zero-order valence-corrected chi connectivity index (χ0v) is 14.6. The summed E-state index contributed by atoms with van der Waals surface area (Å²) in [4.78, 5) is 5.70. The van der Waals surface area contributed by atoms with Gasteiger partial charge in [0.2, 0.25) is 0 Å². The van der Waals surface area contributed by atoms with Crippen molar-refractivity contribution in [3.05, 3.63) is 40.7 Å². The molecule has 0 fully saturated rings. The summed E-state index contributed by atoms with van der Waals surface area (Å²) in [5, 5.41) is 12.1. The van der Waals surface area contributed by atoms with E-state index in [9.17, 15) is 0 Å². The van der Waals surface area contributed by atoms with Gasteiger partial charge >= 0.3 is 0 Å². The number of thiazole rings is 1. The molecule has 4 aromatic rings. The number of hydrogen-bond acceptors (Lipinski definition) is 6. The zero-order valence-electron chi connectivity index (χ0n) is 11.4. The molecular formula is C14H9ClN4S3. The highest BCUT2D eigenvalue weighted by atomic mass is 35.5. The highest BCUT2D eigenvalue weighted by Crippen LogP contribution is 2.36. The summed E-state index contributed by atoms with van der Waals surface area (Å²) in [7, 11) is 1.97. The van der Waals surface area contributed by atoms with Crippen LogP contribution < -0.4 is 0 Å². The van der Waals surface area contributed by atoms with Crippen molar-refractivity contribution >= 4 is 56.3 Å². The van der Waals surface area contributed by atoms with Crippen LogP contribution in [-0.2, 0) is 7.05 Å². The molecule has 0 aliphatic carbocycles. The molecule has 0 amide bonds. The first kappa shape index (κ1) is 14.2. The molecule has 110 valence electrons. The minimum absolute atomic E-state index is 0.679. The van der Waals surface area contributed by atoms with Crippen molar-refractivity contribution < 1.29 is 0 Å². The van der Waals surface area contributed by atoms with E-state index in [1.165, 1.54) is 11.8 Å². The number of rotatable bonds is 3. The first-order chi connectivity index (χ1) is 10.7. The van der Waals surface area contributed by atoms with E-state index >= 15 is 0 Å². The van der Waals surface area contributed by atoms with Crippen LogP contribution >= 0.6 is 46.0 Å². The van der Waals surface area contributed by atoms with Gasteiger partial charge in [0, 0.05) is 7.05 Å². The number of thiophene rings is 1. The average molecular weight is 365 g/mol. The van der Waals surface area contributed by atoms with E-state index < -0.39 is 0 Å². The number of aromatic nitrogens is 4. The molecule has 4 nitrogen and oxygen atoms in total. The number of halogens is 1. The zero-order chi connectivity index (χ0) is 15.1. The Kier molecular flexibility index (Phi) is 3.65. The maximum absolute atomic E-state index is 6.18. The lowest BCUT2D eigenvalue weighted by Gasteiger charge is -1.99. The Morgan fingerprint density at radius 2 is 2.09 bits per heavy atom. The van der Waals surface area contributed by atoms with Gasteiger partial charge in [-0.3, -0.25) is 0 Å². The van der Waals surface area contributed by atoms with Crippen LogP contribution in [0.3, 0.4) is 0 Å². The van der Waals surface area contributed by atoms with Crippen LogP contribution in [0.2, 0.25) is 5.02 Å². The van der Waals surface area contributed by atoms with Gasteiger partial charge in [-0.1, -0.05) is 23.7 Å². The molecule has 22 heavy (non-hydrogen) atoms. The van der Waals surface area contributed by atoms with Crippen LogP contribution in [0.5, 0.6) is 0 Å². The fraction of sp³-hybridized carbons (Fsp3) is 0.0714. The van der Waals surface area contributed by atoms with Crippen molar-refractivity contribution in [2.75, 3.05) is 0 Å². The predicted molar refractivity (Wildman–Crippen MR) is 93.1 cm³/mol. The fourth-order valence-electron chi connectivity index (χ4n) is 2.04. The molecule has 0 saturated carbocycles. The third-order valence-corrected chi connectivity index (χ3v) is 6.40. The molecule has 0 aliphatic rings. The van der Waals surface area contributed by atoms with Gasteiger partial charge in [0.1, 0.15) is 5.52 Å². The van der Waals surface area contributed by atoms with Gasteiger partial charge in [-0.15, -0.1) is 32.9 Å². The van der Waals surface area contributed by atoms with Crippen LogP contribution in [0, 0.1) is 0 Å². The minimum atomic E-state index is 0.679. The quantitative estimate of drug-likeness (QED) is 0.515. The molecule has 0 spiro atoms. The van der Waals surface area contributed by atoms with Gasteiger partial charge in [0.25, 0.3) is 0 Å². The second-order valence-corrected chi connectivity index (χ2v) is 8.11. The number of para-hydroxylation sites is 1. The topological polar surface area (TPSA) is 43.6 Å². The molecule has 3 heterocycles. The Balaban J connectivity index is 1.69. The van der Waals surface area contributed by atoms with Gasteiger partial charge in [0.05, 0.1) is 14.6 Å². The first-order valence-corrected chi connectivity index (χ1v) is 9.27. The van der Waals surface area contributed by atoms with E-state index in [1.54, 1.807) is 22.7 Å².